The normalized spacial score (nSPS) is 10.8. The number of nitrogens with one attached hydrogen (secondary N) is 1. The quantitative estimate of drug-likeness (QED) is 0.790. The largest absolute Gasteiger partial charge is 0.311 e. The molecule has 1 aromatic heterocycles. The van der Waals surface area contributed by atoms with Gasteiger partial charge in [-0.25, -0.2) is 0 Å². The van der Waals surface area contributed by atoms with Crippen molar-refractivity contribution in [2.75, 3.05) is 6.54 Å². The summed E-state index contributed by atoms with van der Waals surface area (Å²) in [7, 11) is 0. The Labute approximate surface area is 109 Å². The van der Waals surface area contributed by atoms with Crippen molar-refractivity contribution in [2.24, 2.45) is 0 Å². The van der Waals surface area contributed by atoms with Gasteiger partial charge in [0.05, 0.1) is 12.7 Å². The fourth-order valence-corrected chi connectivity index (χ4v) is 1.91. The van der Waals surface area contributed by atoms with Crippen molar-refractivity contribution in [2.45, 2.75) is 33.4 Å². The standard InChI is InChI=1S/C15H21N3/c1-3-14-4-6-15(7-5-14)11-16-8-9-18-12-13(2)10-17-18/h4-7,10,12,16H,3,8-9,11H2,1-2H3. The van der Waals surface area contributed by atoms with Crippen molar-refractivity contribution < 1.29 is 0 Å². The van der Waals surface area contributed by atoms with Crippen LogP contribution < -0.4 is 5.32 Å². The molecule has 0 aliphatic carbocycles. The highest BCUT2D eigenvalue weighted by atomic mass is 15.3. The monoisotopic (exact) mass is 243 g/mol. The van der Waals surface area contributed by atoms with E-state index in [1.807, 2.05) is 10.9 Å². The van der Waals surface area contributed by atoms with E-state index in [9.17, 15) is 0 Å². The molecule has 0 amide bonds. The van der Waals surface area contributed by atoms with Gasteiger partial charge in [-0.05, 0) is 30.0 Å². The second-order valence-corrected chi connectivity index (χ2v) is 4.63. The van der Waals surface area contributed by atoms with Crippen molar-refractivity contribution >= 4 is 0 Å². The maximum absolute atomic E-state index is 4.26. The lowest BCUT2D eigenvalue weighted by Gasteiger charge is -2.06. The molecule has 2 aromatic rings. The lowest BCUT2D eigenvalue weighted by atomic mass is 10.1. The highest BCUT2D eigenvalue weighted by molar-refractivity contribution is 5.22. The topological polar surface area (TPSA) is 29.9 Å². The molecule has 0 unspecified atom stereocenters. The van der Waals surface area contributed by atoms with Crippen LogP contribution in [0.4, 0.5) is 0 Å². The Morgan fingerprint density at radius 3 is 2.50 bits per heavy atom. The fraction of sp³-hybridized carbons (Fsp3) is 0.400. The maximum atomic E-state index is 4.26. The van der Waals surface area contributed by atoms with E-state index in [1.54, 1.807) is 0 Å². The van der Waals surface area contributed by atoms with Crippen LogP contribution in [0.5, 0.6) is 0 Å². The molecule has 3 heteroatoms. The van der Waals surface area contributed by atoms with Crippen LogP contribution in [0.3, 0.4) is 0 Å². The first-order valence-electron chi connectivity index (χ1n) is 6.55. The Hall–Kier alpha value is -1.61. The van der Waals surface area contributed by atoms with Crippen LogP contribution in [0.25, 0.3) is 0 Å². The first-order valence-corrected chi connectivity index (χ1v) is 6.55. The summed E-state index contributed by atoms with van der Waals surface area (Å²) in [6, 6.07) is 8.80. The first-order chi connectivity index (χ1) is 8.78. The van der Waals surface area contributed by atoms with Crippen molar-refractivity contribution in [1.82, 2.24) is 15.1 Å². The summed E-state index contributed by atoms with van der Waals surface area (Å²) in [5.41, 5.74) is 3.94. The number of aromatic nitrogens is 2. The van der Waals surface area contributed by atoms with Gasteiger partial charge >= 0.3 is 0 Å². The number of hydrogen-bond acceptors (Lipinski definition) is 2. The van der Waals surface area contributed by atoms with E-state index in [-0.39, 0.29) is 0 Å². The highest BCUT2D eigenvalue weighted by Gasteiger charge is 1.95. The summed E-state index contributed by atoms with van der Waals surface area (Å²) in [5.74, 6) is 0. The maximum Gasteiger partial charge on any atom is 0.0534 e. The zero-order valence-electron chi connectivity index (χ0n) is 11.2. The van der Waals surface area contributed by atoms with E-state index in [2.05, 4.69) is 54.7 Å². The molecular weight excluding hydrogens is 222 g/mol. The Kier molecular flexibility index (Phi) is 4.53. The average Bonchev–Trinajstić information content (AvgIpc) is 2.81. The molecule has 96 valence electrons. The van der Waals surface area contributed by atoms with E-state index in [1.165, 1.54) is 16.7 Å². The molecule has 1 aromatic carbocycles. The van der Waals surface area contributed by atoms with E-state index in [0.717, 1.165) is 26.1 Å². The number of nitrogens with zero attached hydrogens (tertiary/aromatic N) is 2. The first kappa shape index (κ1) is 12.8. The second kappa shape index (κ2) is 6.36. The lowest BCUT2D eigenvalue weighted by molar-refractivity contribution is 0.554. The minimum Gasteiger partial charge on any atom is -0.311 e. The molecule has 1 heterocycles. The fourth-order valence-electron chi connectivity index (χ4n) is 1.91. The third-order valence-electron chi connectivity index (χ3n) is 3.04. The van der Waals surface area contributed by atoms with Crippen LogP contribution >= 0.6 is 0 Å². The summed E-state index contributed by atoms with van der Waals surface area (Å²) in [4.78, 5) is 0. The summed E-state index contributed by atoms with van der Waals surface area (Å²) in [5, 5.41) is 7.70. The smallest absolute Gasteiger partial charge is 0.0534 e. The van der Waals surface area contributed by atoms with Gasteiger partial charge < -0.3 is 5.32 Å². The molecule has 0 saturated carbocycles. The Morgan fingerprint density at radius 2 is 1.89 bits per heavy atom. The van der Waals surface area contributed by atoms with Gasteiger partial charge in [0.25, 0.3) is 0 Å². The van der Waals surface area contributed by atoms with Crippen molar-refractivity contribution in [3.05, 3.63) is 53.3 Å². The molecule has 0 spiro atoms. The van der Waals surface area contributed by atoms with E-state index in [4.69, 9.17) is 0 Å². The molecule has 0 aliphatic heterocycles. The highest BCUT2D eigenvalue weighted by Crippen LogP contribution is 2.04. The number of benzene rings is 1. The predicted octanol–water partition coefficient (Wildman–Crippen LogP) is 2.54. The molecule has 0 radical (unpaired) electrons. The van der Waals surface area contributed by atoms with Crippen LogP contribution in [0.2, 0.25) is 0 Å². The van der Waals surface area contributed by atoms with Crippen LogP contribution in [0.1, 0.15) is 23.6 Å². The Balaban J connectivity index is 1.71. The van der Waals surface area contributed by atoms with Gasteiger partial charge in [0.2, 0.25) is 0 Å². The molecule has 0 atom stereocenters. The van der Waals surface area contributed by atoms with Gasteiger partial charge in [0, 0.05) is 19.3 Å². The zero-order valence-corrected chi connectivity index (χ0v) is 11.2. The minimum atomic E-state index is 0.918. The summed E-state index contributed by atoms with van der Waals surface area (Å²) in [6.45, 7) is 7.02. The third-order valence-corrected chi connectivity index (χ3v) is 3.04. The van der Waals surface area contributed by atoms with Crippen LogP contribution in [0, 0.1) is 6.92 Å². The Bertz CT molecular complexity index is 471. The van der Waals surface area contributed by atoms with E-state index >= 15 is 0 Å². The molecule has 2 rings (SSSR count). The van der Waals surface area contributed by atoms with Gasteiger partial charge in [-0.2, -0.15) is 5.10 Å². The van der Waals surface area contributed by atoms with Crippen LogP contribution in [0.15, 0.2) is 36.7 Å². The summed E-state index contributed by atoms with van der Waals surface area (Å²) < 4.78 is 1.97. The number of aryl methyl sites for hydroxylation is 2. The van der Waals surface area contributed by atoms with Crippen molar-refractivity contribution in [3.8, 4) is 0 Å². The number of hydrogen-bond donors (Lipinski definition) is 1. The van der Waals surface area contributed by atoms with E-state index in [0.29, 0.717) is 0 Å². The molecular formula is C15H21N3. The number of rotatable bonds is 6. The van der Waals surface area contributed by atoms with Gasteiger partial charge in [0.1, 0.15) is 0 Å². The molecule has 0 fully saturated rings. The van der Waals surface area contributed by atoms with Crippen molar-refractivity contribution in [3.63, 3.8) is 0 Å². The molecule has 3 nitrogen and oxygen atoms in total. The Morgan fingerprint density at radius 1 is 1.17 bits per heavy atom. The SMILES string of the molecule is CCc1ccc(CNCCn2cc(C)cn2)cc1. The van der Waals surface area contributed by atoms with Gasteiger partial charge in [-0.1, -0.05) is 31.2 Å². The van der Waals surface area contributed by atoms with Gasteiger partial charge in [-0.15, -0.1) is 0 Å². The van der Waals surface area contributed by atoms with Crippen LogP contribution in [-0.4, -0.2) is 16.3 Å². The van der Waals surface area contributed by atoms with Crippen molar-refractivity contribution in [1.29, 1.82) is 0 Å². The summed E-state index contributed by atoms with van der Waals surface area (Å²) in [6.07, 6.45) is 5.06. The second-order valence-electron chi connectivity index (χ2n) is 4.63. The minimum absolute atomic E-state index is 0.918. The zero-order chi connectivity index (χ0) is 12.8. The van der Waals surface area contributed by atoms with Crippen LogP contribution in [-0.2, 0) is 19.5 Å². The molecule has 0 aliphatic rings. The lowest BCUT2D eigenvalue weighted by Crippen LogP contribution is -2.19. The molecule has 0 saturated heterocycles. The summed E-state index contributed by atoms with van der Waals surface area (Å²) >= 11 is 0. The third kappa shape index (κ3) is 3.70. The average molecular weight is 243 g/mol. The van der Waals surface area contributed by atoms with E-state index < -0.39 is 0 Å². The molecule has 18 heavy (non-hydrogen) atoms. The van der Waals surface area contributed by atoms with Gasteiger partial charge in [-0.3, -0.25) is 4.68 Å². The van der Waals surface area contributed by atoms with Gasteiger partial charge in [0.15, 0.2) is 0 Å². The predicted molar refractivity (Wildman–Crippen MR) is 74.5 cm³/mol. The molecule has 1 N–H and O–H groups in total. The molecule has 0 bridgehead atoms.